The molecule has 0 aliphatic carbocycles. The summed E-state index contributed by atoms with van der Waals surface area (Å²) in [6, 6.07) is 7.30. The Kier molecular flexibility index (Phi) is 5.24. The quantitative estimate of drug-likeness (QED) is 0.919. The number of rotatable bonds is 5. The van der Waals surface area contributed by atoms with Crippen LogP contribution >= 0.6 is 0 Å². The third-order valence-electron chi connectivity index (χ3n) is 3.63. The second-order valence-corrected chi connectivity index (χ2v) is 5.76. The molecule has 0 radical (unpaired) electrons. The monoisotopic (exact) mass is 313 g/mol. The van der Waals surface area contributed by atoms with Gasteiger partial charge in [-0.25, -0.2) is 4.39 Å². The summed E-state index contributed by atoms with van der Waals surface area (Å²) in [5, 5.41) is 20.4. The maximum Gasteiger partial charge on any atom is 0.167 e. The van der Waals surface area contributed by atoms with Crippen molar-refractivity contribution in [2.24, 2.45) is 0 Å². The second-order valence-electron chi connectivity index (χ2n) is 5.76. The van der Waals surface area contributed by atoms with E-state index in [2.05, 4.69) is 21.6 Å². The van der Waals surface area contributed by atoms with E-state index in [1.807, 2.05) is 38.9 Å². The van der Waals surface area contributed by atoms with Crippen LogP contribution in [0.4, 0.5) is 10.2 Å². The summed E-state index contributed by atoms with van der Waals surface area (Å²) in [5.74, 6) is 0.193. The molecule has 0 atom stereocenters. The smallest absolute Gasteiger partial charge is 0.167 e. The van der Waals surface area contributed by atoms with Gasteiger partial charge in [0.2, 0.25) is 0 Å². The van der Waals surface area contributed by atoms with Crippen molar-refractivity contribution in [3.8, 4) is 6.07 Å². The largest absolute Gasteiger partial charge is 0.363 e. The molecule has 0 spiro atoms. The molecule has 120 valence electrons. The van der Waals surface area contributed by atoms with Crippen LogP contribution in [0.1, 0.15) is 27.9 Å². The third-order valence-corrected chi connectivity index (χ3v) is 3.63. The van der Waals surface area contributed by atoms with E-state index in [0.717, 1.165) is 16.8 Å². The summed E-state index contributed by atoms with van der Waals surface area (Å²) in [5.41, 5.74) is 3.45. The molecule has 23 heavy (non-hydrogen) atoms. The first kappa shape index (κ1) is 16.8. The molecule has 0 saturated heterocycles. The van der Waals surface area contributed by atoms with Crippen molar-refractivity contribution in [2.75, 3.05) is 19.4 Å². The first-order chi connectivity index (χ1) is 10.9. The fourth-order valence-corrected chi connectivity index (χ4v) is 2.22. The van der Waals surface area contributed by atoms with Gasteiger partial charge >= 0.3 is 0 Å². The minimum absolute atomic E-state index is 0.232. The zero-order valence-electron chi connectivity index (χ0n) is 13.8. The van der Waals surface area contributed by atoms with Crippen LogP contribution in [0.2, 0.25) is 0 Å². The molecule has 2 rings (SSSR count). The normalized spacial score (nSPS) is 10.7. The number of aromatic nitrogens is 2. The van der Waals surface area contributed by atoms with Crippen LogP contribution in [0, 0.1) is 31.0 Å². The summed E-state index contributed by atoms with van der Waals surface area (Å²) in [7, 11) is 3.80. The Balaban J connectivity index is 2.15. The first-order valence-electron chi connectivity index (χ1n) is 7.32. The Morgan fingerprint density at radius 3 is 2.61 bits per heavy atom. The predicted molar refractivity (Wildman–Crippen MR) is 87.3 cm³/mol. The molecule has 1 N–H and O–H groups in total. The van der Waals surface area contributed by atoms with Crippen LogP contribution in [0.25, 0.3) is 0 Å². The highest BCUT2D eigenvalue weighted by Crippen LogP contribution is 2.18. The van der Waals surface area contributed by atoms with Crippen molar-refractivity contribution in [3.63, 3.8) is 0 Å². The number of aryl methyl sites for hydroxylation is 1. The zero-order chi connectivity index (χ0) is 17.0. The van der Waals surface area contributed by atoms with E-state index in [1.165, 1.54) is 6.07 Å². The first-order valence-corrected chi connectivity index (χ1v) is 7.32. The van der Waals surface area contributed by atoms with Gasteiger partial charge in [0, 0.05) is 18.7 Å². The lowest BCUT2D eigenvalue weighted by atomic mass is 10.1. The molecular weight excluding hydrogens is 293 g/mol. The molecule has 0 unspecified atom stereocenters. The molecule has 0 bridgehead atoms. The number of benzene rings is 1. The van der Waals surface area contributed by atoms with Crippen LogP contribution in [0.5, 0.6) is 0 Å². The summed E-state index contributed by atoms with van der Waals surface area (Å²) in [4.78, 5) is 1.92. The topological polar surface area (TPSA) is 64.8 Å². The number of anilines is 1. The summed E-state index contributed by atoms with van der Waals surface area (Å²) in [6.07, 6.45) is 0. The molecule has 2 aromatic rings. The standard InChI is InChI=1S/C17H20FN5/c1-11-12(2)21-22-17(15(11)8-19)20-9-13-5-6-14(10-23(3)4)16(18)7-13/h5-7H,9-10H2,1-4H3,(H,20,22). The number of hydrogen-bond donors (Lipinski definition) is 1. The van der Waals surface area contributed by atoms with Gasteiger partial charge in [0.1, 0.15) is 17.4 Å². The van der Waals surface area contributed by atoms with Crippen LogP contribution in [0.15, 0.2) is 18.2 Å². The summed E-state index contributed by atoms with van der Waals surface area (Å²) < 4.78 is 14.1. The van der Waals surface area contributed by atoms with Crippen molar-refractivity contribution in [1.29, 1.82) is 5.26 Å². The molecule has 0 amide bonds. The van der Waals surface area contributed by atoms with Gasteiger partial charge in [0.25, 0.3) is 0 Å². The molecule has 5 nitrogen and oxygen atoms in total. The van der Waals surface area contributed by atoms with Gasteiger partial charge in [0.05, 0.1) is 5.69 Å². The minimum atomic E-state index is -0.232. The molecule has 0 aliphatic rings. The average Bonchev–Trinajstić information content (AvgIpc) is 2.50. The molecular formula is C17H20FN5. The van der Waals surface area contributed by atoms with Crippen molar-refractivity contribution in [2.45, 2.75) is 26.9 Å². The van der Waals surface area contributed by atoms with Crippen LogP contribution < -0.4 is 5.32 Å². The van der Waals surface area contributed by atoms with Gasteiger partial charge in [-0.3, -0.25) is 0 Å². The Hall–Kier alpha value is -2.52. The molecule has 0 saturated carbocycles. The maximum absolute atomic E-state index is 14.1. The van der Waals surface area contributed by atoms with E-state index < -0.39 is 0 Å². The van der Waals surface area contributed by atoms with Gasteiger partial charge in [-0.2, -0.15) is 10.4 Å². The highest BCUT2D eigenvalue weighted by atomic mass is 19.1. The van der Waals surface area contributed by atoms with E-state index in [9.17, 15) is 9.65 Å². The third kappa shape index (κ3) is 4.02. The Morgan fingerprint density at radius 2 is 2.00 bits per heavy atom. The molecule has 1 heterocycles. The SMILES string of the molecule is Cc1nnc(NCc2ccc(CN(C)C)c(F)c2)c(C#N)c1C. The minimum Gasteiger partial charge on any atom is -0.363 e. The lowest BCUT2D eigenvalue weighted by molar-refractivity contribution is 0.392. The predicted octanol–water partition coefficient (Wildman–Crippen LogP) is 2.78. The molecule has 0 fully saturated rings. The Labute approximate surface area is 135 Å². The van der Waals surface area contributed by atoms with Crippen molar-refractivity contribution >= 4 is 5.82 Å². The number of nitrogens with one attached hydrogen (secondary N) is 1. The van der Waals surface area contributed by atoms with Gasteiger partial charge in [-0.05, 0) is 45.1 Å². The number of hydrogen-bond acceptors (Lipinski definition) is 5. The lowest BCUT2D eigenvalue weighted by Gasteiger charge is -2.12. The van der Waals surface area contributed by atoms with Crippen LogP contribution in [-0.2, 0) is 13.1 Å². The van der Waals surface area contributed by atoms with Crippen LogP contribution in [0.3, 0.4) is 0 Å². The van der Waals surface area contributed by atoms with E-state index in [0.29, 0.717) is 30.0 Å². The number of nitriles is 1. The highest BCUT2D eigenvalue weighted by Gasteiger charge is 2.11. The molecule has 6 heteroatoms. The lowest BCUT2D eigenvalue weighted by Crippen LogP contribution is -2.12. The van der Waals surface area contributed by atoms with Crippen molar-refractivity contribution < 1.29 is 4.39 Å². The molecule has 1 aromatic carbocycles. The van der Waals surface area contributed by atoms with E-state index in [1.54, 1.807) is 6.07 Å². The van der Waals surface area contributed by atoms with E-state index in [4.69, 9.17) is 0 Å². The maximum atomic E-state index is 14.1. The zero-order valence-corrected chi connectivity index (χ0v) is 13.8. The Morgan fingerprint density at radius 1 is 1.26 bits per heavy atom. The van der Waals surface area contributed by atoms with Gasteiger partial charge in [-0.15, -0.1) is 5.10 Å². The second kappa shape index (κ2) is 7.16. The summed E-state index contributed by atoms with van der Waals surface area (Å²) >= 11 is 0. The van der Waals surface area contributed by atoms with Gasteiger partial charge < -0.3 is 10.2 Å². The van der Waals surface area contributed by atoms with Gasteiger partial charge in [0.15, 0.2) is 5.82 Å². The molecule has 0 aliphatic heterocycles. The highest BCUT2D eigenvalue weighted by molar-refractivity contribution is 5.55. The fourth-order valence-electron chi connectivity index (χ4n) is 2.22. The average molecular weight is 313 g/mol. The number of halogens is 1. The molecule has 1 aromatic heterocycles. The van der Waals surface area contributed by atoms with Gasteiger partial charge in [-0.1, -0.05) is 12.1 Å². The number of nitrogens with zero attached hydrogens (tertiary/aromatic N) is 4. The van der Waals surface area contributed by atoms with Crippen LogP contribution in [-0.4, -0.2) is 29.2 Å². The summed E-state index contributed by atoms with van der Waals surface area (Å²) in [6.45, 7) is 4.58. The van der Waals surface area contributed by atoms with Crippen molar-refractivity contribution in [1.82, 2.24) is 15.1 Å². The van der Waals surface area contributed by atoms with Crippen molar-refractivity contribution in [3.05, 3.63) is 52.0 Å². The van der Waals surface area contributed by atoms with E-state index in [-0.39, 0.29) is 5.82 Å². The Bertz CT molecular complexity index is 749. The van der Waals surface area contributed by atoms with E-state index >= 15 is 0 Å². The fraction of sp³-hybridized carbons (Fsp3) is 0.353.